The van der Waals surface area contributed by atoms with Gasteiger partial charge in [-0.1, -0.05) is 6.07 Å². The fourth-order valence-corrected chi connectivity index (χ4v) is 3.48. The first-order valence-corrected chi connectivity index (χ1v) is 9.06. The summed E-state index contributed by atoms with van der Waals surface area (Å²) in [5, 5.41) is 2.93. The second kappa shape index (κ2) is 8.18. The highest BCUT2D eigenvalue weighted by Crippen LogP contribution is 2.25. The van der Waals surface area contributed by atoms with Crippen LogP contribution in [-0.2, 0) is 11.3 Å². The molecule has 1 aromatic heterocycles. The summed E-state index contributed by atoms with van der Waals surface area (Å²) in [6.45, 7) is 1.49. The lowest BCUT2D eigenvalue weighted by Crippen LogP contribution is -2.46. The number of urea groups is 1. The number of rotatable bonds is 5. The van der Waals surface area contributed by atoms with Gasteiger partial charge in [0.1, 0.15) is 6.10 Å². The molecule has 1 aliphatic carbocycles. The highest BCUT2D eigenvalue weighted by molar-refractivity contribution is 5.78. The van der Waals surface area contributed by atoms with Crippen molar-refractivity contribution in [2.45, 2.75) is 51.2 Å². The zero-order valence-electron chi connectivity index (χ0n) is 14.4. The van der Waals surface area contributed by atoms with Gasteiger partial charge in [0.2, 0.25) is 11.8 Å². The second-order valence-electron chi connectivity index (χ2n) is 6.81. The summed E-state index contributed by atoms with van der Waals surface area (Å²) < 4.78 is 6.00. The topological polar surface area (TPSA) is 97.6 Å². The molecule has 2 heterocycles. The first-order chi connectivity index (χ1) is 12.1. The molecule has 7 nitrogen and oxygen atoms in total. The van der Waals surface area contributed by atoms with Gasteiger partial charge in [-0.25, -0.2) is 9.78 Å². The number of pyridine rings is 1. The maximum atomic E-state index is 12.3. The number of aromatic nitrogens is 1. The van der Waals surface area contributed by atoms with Crippen molar-refractivity contribution in [3.05, 3.63) is 23.9 Å². The molecule has 25 heavy (non-hydrogen) atoms. The monoisotopic (exact) mass is 346 g/mol. The van der Waals surface area contributed by atoms with E-state index in [1.807, 2.05) is 12.1 Å². The smallest absolute Gasteiger partial charge is 0.317 e. The van der Waals surface area contributed by atoms with E-state index in [0.29, 0.717) is 38.4 Å². The third-order valence-corrected chi connectivity index (χ3v) is 5.05. The normalized spacial score (nSPS) is 19.0. The molecule has 1 aromatic rings. The van der Waals surface area contributed by atoms with Crippen molar-refractivity contribution in [3.63, 3.8) is 0 Å². The van der Waals surface area contributed by atoms with E-state index in [4.69, 9.17) is 10.5 Å². The molecule has 0 unspecified atom stereocenters. The summed E-state index contributed by atoms with van der Waals surface area (Å²) >= 11 is 0. The highest BCUT2D eigenvalue weighted by Gasteiger charge is 2.26. The van der Waals surface area contributed by atoms with E-state index in [1.165, 1.54) is 12.8 Å². The third kappa shape index (κ3) is 4.61. The van der Waals surface area contributed by atoms with Crippen LogP contribution < -0.4 is 15.8 Å². The van der Waals surface area contributed by atoms with Crippen LogP contribution in [0.2, 0.25) is 0 Å². The zero-order valence-corrected chi connectivity index (χ0v) is 14.4. The fraction of sp³-hybridized carbons (Fsp3) is 0.611. The molecule has 7 heteroatoms. The summed E-state index contributed by atoms with van der Waals surface area (Å²) in [7, 11) is 0. The van der Waals surface area contributed by atoms with Crippen molar-refractivity contribution in [1.82, 2.24) is 15.2 Å². The standard InChI is InChI=1S/C18H26N4O3/c19-16(23)13-7-10-22(11-8-13)18(24)21-12-14-4-3-9-20-17(14)25-15-5-1-2-6-15/h3-4,9,13,15H,1-2,5-8,10-12H2,(H2,19,23)(H,21,24). The molecule has 3 rings (SSSR count). The number of carbonyl (C=O) groups excluding carboxylic acids is 2. The maximum Gasteiger partial charge on any atom is 0.317 e. The number of nitrogens with one attached hydrogen (secondary N) is 1. The van der Waals surface area contributed by atoms with E-state index < -0.39 is 0 Å². The number of nitrogens with two attached hydrogens (primary N) is 1. The van der Waals surface area contributed by atoms with E-state index in [1.54, 1.807) is 11.1 Å². The quantitative estimate of drug-likeness (QED) is 0.849. The molecule has 136 valence electrons. The Kier molecular flexibility index (Phi) is 5.73. The van der Waals surface area contributed by atoms with Crippen molar-refractivity contribution >= 4 is 11.9 Å². The van der Waals surface area contributed by atoms with Crippen LogP contribution in [0.3, 0.4) is 0 Å². The largest absolute Gasteiger partial charge is 0.474 e. The molecule has 2 fully saturated rings. The van der Waals surface area contributed by atoms with E-state index in [0.717, 1.165) is 18.4 Å². The lowest BCUT2D eigenvalue weighted by Gasteiger charge is -2.30. The number of hydrogen-bond acceptors (Lipinski definition) is 4. The van der Waals surface area contributed by atoms with Crippen LogP contribution in [0.15, 0.2) is 18.3 Å². The van der Waals surface area contributed by atoms with Crippen LogP contribution in [0.4, 0.5) is 4.79 Å². The lowest BCUT2D eigenvalue weighted by atomic mass is 9.96. The van der Waals surface area contributed by atoms with Gasteiger partial charge in [0, 0.05) is 37.3 Å². The molecule has 0 radical (unpaired) electrons. The summed E-state index contributed by atoms with van der Waals surface area (Å²) in [5.41, 5.74) is 6.21. The summed E-state index contributed by atoms with van der Waals surface area (Å²) in [6, 6.07) is 3.65. The van der Waals surface area contributed by atoms with Gasteiger partial charge in [0.05, 0.1) is 0 Å². The Morgan fingerprint density at radius 3 is 2.64 bits per heavy atom. The number of nitrogens with zero attached hydrogens (tertiary/aromatic N) is 2. The van der Waals surface area contributed by atoms with Crippen molar-refractivity contribution in [2.24, 2.45) is 11.7 Å². The van der Waals surface area contributed by atoms with Crippen molar-refractivity contribution in [1.29, 1.82) is 0 Å². The number of primary amides is 1. The Morgan fingerprint density at radius 2 is 1.96 bits per heavy atom. The summed E-state index contributed by atoms with van der Waals surface area (Å²) in [4.78, 5) is 29.6. The molecule has 0 aromatic carbocycles. The van der Waals surface area contributed by atoms with Gasteiger partial charge in [-0.2, -0.15) is 0 Å². The van der Waals surface area contributed by atoms with Crippen LogP contribution in [0.25, 0.3) is 0 Å². The lowest BCUT2D eigenvalue weighted by molar-refractivity contribution is -0.123. The van der Waals surface area contributed by atoms with E-state index in [9.17, 15) is 9.59 Å². The van der Waals surface area contributed by atoms with Crippen LogP contribution >= 0.6 is 0 Å². The minimum absolute atomic E-state index is 0.117. The average Bonchev–Trinajstić information content (AvgIpc) is 3.14. The van der Waals surface area contributed by atoms with Crippen LogP contribution in [-0.4, -0.2) is 41.0 Å². The number of likely N-dealkylation sites (tertiary alicyclic amines) is 1. The molecular formula is C18H26N4O3. The van der Waals surface area contributed by atoms with Gasteiger partial charge in [0.15, 0.2) is 0 Å². The molecule has 3 amide bonds. The highest BCUT2D eigenvalue weighted by atomic mass is 16.5. The molecule has 0 spiro atoms. The Morgan fingerprint density at radius 1 is 1.24 bits per heavy atom. The fourth-order valence-electron chi connectivity index (χ4n) is 3.48. The van der Waals surface area contributed by atoms with E-state index >= 15 is 0 Å². The van der Waals surface area contributed by atoms with Gasteiger partial charge in [-0.05, 0) is 44.6 Å². The molecule has 0 atom stereocenters. The molecule has 1 saturated heterocycles. The number of carbonyl (C=O) groups is 2. The Balaban J connectivity index is 1.51. The molecule has 2 aliphatic rings. The van der Waals surface area contributed by atoms with Gasteiger partial charge >= 0.3 is 6.03 Å². The Bertz CT molecular complexity index is 608. The van der Waals surface area contributed by atoms with Gasteiger partial charge in [0.25, 0.3) is 0 Å². The second-order valence-corrected chi connectivity index (χ2v) is 6.81. The summed E-state index contributed by atoms with van der Waals surface area (Å²) in [5.74, 6) is 0.222. The average molecular weight is 346 g/mol. The predicted molar refractivity (Wildman–Crippen MR) is 92.8 cm³/mol. The van der Waals surface area contributed by atoms with Crippen LogP contribution in [0.5, 0.6) is 5.88 Å². The molecular weight excluding hydrogens is 320 g/mol. The predicted octanol–water partition coefficient (Wildman–Crippen LogP) is 1.81. The number of ether oxygens (including phenoxy) is 1. The number of hydrogen-bond donors (Lipinski definition) is 2. The first-order valence-electron chi connectivity index (χ1n) is 9.06. The van der Waals surface area contributed by atoms with Crippen molar-refractivity contribution < 1.29 is 14.3 Å². The van der Waals surface area contributed by atoms with Gasteiger partial charge < -0.3 is 20.7 Å². The van der Waals surface area contributed by atoms with Crippen molar-refractivity contribution in [3.8, 4) is 5.88 Å². The minimum atomic E-state index is -0.274. The Labute approximate surface area is 147 Å². The van der Waals surface area contributed by atoms with E-state index in [2.05, 4.69) is 10.3 Å². The maximum absolute atomic E-state index is 12.3. The summed E-state index contributed by atoms with van der Waals surface area (Å²) in [6.07, 6.45) is 7.74. The van der Waals surface area contributed by atoms with Gasteiger partial charge in [-0.15, -0.1) is 0 Å². The van der Waals surface area contributed by atoms with Crippen LogP contribution in [0.1, 0.15) is 44.1 Å². The molecule has 1 aliphatic heterocycles. The Hall–Kier alpha value is -2.31. The van der Waals surface area contributed by atoms with Gasteiger partial charge in [-0.3, -0.25) is 4.79 Å². The van der Waals surface area contributed by atoms with Crippen molar-refractivity contribution in [2.75, 3.05) is 13.1 Å². The third-order valence-electron chi connectivity index (χ3n) is 5.05. The molecule has 0 bridgehead atoms. The first kappa shape index (κ1) is 17.5. The van der Waals surface area contributed by atoms with Crippen LogP contribution in [0, 0.1) is 5.92 Å². The number of amides is 3. The van der Waals surface area contributed by atoms with E-state index in [-0.39, 0.29) is 24.0 Å². The SMILES string of the molecule is NC(=O)C1CCN(C(=O)NCc2cccnc2OC2CCCC2)CC1. The zero-order chi connectivity index (χ0) is 17.6. The molecule has 1 saturated carbocycles. The molecule has 3 N–H and O–H groups in total. The number of piperidine rings is 1. The minimum Gasteiger partial charge on any atom is -0.474 e.